The number of fused-ring (bicyclic) bond motifs is 1. The largest absolute Gasteiger partial charge is 0.418 e. The second-order valence-electron chi connectivity index (χ2n) is 7.34. The van der Waals surface area contributed by atoms with Crippen LogP contribution in [-0.4, -0.2) is 45.1 Å². The van der Waals surface area contributed by atoms with Crippen molar-refractivity contribution in [1.82, 2.24) is 14.9 Å². The van der Waals surface area contributed by atoms with Gasteiger partial charge in [-0.3, -0.25) is 4.79 Å². The van der Waals surface area contributed by atoms with Gasteiger partial charge in [-0.25, -0.2) is 9.97 Å². The lowest BCUT2D eigenvalue weighted by molar-refractivity contribution is -0.137. The third kappa shape index (κ3) is 3.78. The molecule has 1 amide bonds. The number of aromatic nitrogens is 2. The predicted octanol–water partition coefficient (Wildman–Crippen LogP) is 2.84. The van der Waals surface area contributed by atoms with Crippen LogP contribution in [0.4, 0.5) is 19.0 Å². The van der Waals surface area contributed by atoms with Crippen molar-refractivity contribution in [2.75, 3.05) is 19.3 Å². The number of amides is 1. The molecule has 1 aromatic heterocycles. The third-order valence-corrected chi connectivity index (χ3v) is 5.19. The molecule has 0 saturated carbocycles. The molecule has 1 saturated heterocycles. The van der Waals surface area contributed by atoms with Gasteiger partial charge >= 0.3 is 6.18 Å². The summed E-state index contributed by atoms with van der Waals surface area (Å²) < 4.78 is 40.9. The van der Waals surface area contributed by atoms with Gasteiger partial charge in [-0.05, 0) is 35.4 Å². The molecular formula is C22H17F3N4O2. The van der Waals surface area contributed by atoms with Crippen LogP contribution in [0.2, 0.25) is 0 Å². The molecule has 31 heavy (non-hydrogen) atoms. The number of nitrogen functional groups attached to an aromatic ring is 1. The molecule has 4 rings (SSSR count). The third-order valence-electron chi connectivity index (χ3n) is 5.19. The number of carbonyl (C=O) groups is 1. The zero-order chi connectivity index (χ0) is 22.4. The Bertz CT molecular complexity index is 1260. The number of aliphatic hydroxyl groups is 1. The van der Waals surface area contributed by atoms with Crippen LogP contribution in [0.5, 0.6) is 0 Å². The van der Waals surface area contributed by atoms with Crippen LogP contribution in [-0.2, 0) is 11.0 Å². The summed E-state index contributed by atoms with van der Waals surface area (Å²) in [6.07, 6.45) is -3.45. The van der Waals surface area contributed by atoms with Crippen LogP contribution >= 0.6 is 0 Å². The fraction of sp³-hybridized carbons (Fsp3) is 0.227. The standard InChI is InChI=1S/C22H17F3N4O2/c1-29-8-7-21(31,20(29)30)6-5-13-3-2-4-14(9-13)15-10-16-18(27-12-28-19(16)26)17(11-15)22(23,24)25/h2-4,9-12,31H,7-8H2,1H3,(H2,26,27,28). The molecular weight excluding hydrogens is 409 g/mol. The quantitative estimate of drug-likeness (QED) is 0.584. The molecule has 0 bridgehead atoms. The average molecular weight is 426 g/mol. The Morgan fingerprint density at radius 1 is 1.19 bits per heavy atom. The number of likely N-dealkylation sites (tertiary alicyclic amines) is 1. The van der Waals surface area contributed by atoms with Crippen LogP contribution in [0.25, 0.3) is 22.0 Å². The Morgan fingerprint density at radius 3 is 2.65 bits per heavy atom. The molecule has 1 aliphatic rings. The molecule has 2 aromatic carbocycles. The number of hydrogen-bond donors (Lipinski definition) is 2. The van der Waals surface area contributed by atoms with E-state index in [9.17, 15) is 23.1 Å². The van der Waals surface area contributed by atoms with Gasteiger partial charge in [0.1, 0.15) is 12.1 Å². The Hall–Kier alpha value is -3.64. The number of benzene rings is 2. The van der Waals surface area contributed by atoms with Crippen molar-refractivity contribution in [3.05, 3.63) is 53.9 Å². The summed E-state index contributed by atoms with van der Waals surface area (Å²) in [4.78, 5) is 21.0. The van der Waals surface area contributed by atoms with Crippen molar-refractivity contribution >= 4 is 22.6 Å². The molecule has 0 spiro atoms. The van der Waals surface area contributed by atoms with Crippen LogP contribution in [0, 0.1) is 11.8 Å². The number of nitrogens with two attached hydrogens (primary N) is 1. The van der Waals surface area contributed by atoms with E-state index in [0.717, 1.165) is 12.4 Å². The summed E-state index contributed by atoms with van der Waals surface area (Å²) in [5.74, 6) is 4.83. The average Bonchev–Trinajstić information content (AvgIpc) is 2.99. The van der Waals surface area contributed by atoms with E-state index in [2.05, 4.69) is 21.8 Å². The van der Waals surface area contributed by atoms with Gasteiger partial charge in [0.05, 0.1) is 11.1 Å². The Morgan fingerprint density at radius 2 is 1.97 bits per heavy atom. The maximum Gasteiger partial charge on any atom is 0.418 e. The monoisotopic (exact) mass is 426 g/mol. The fourth-order valence-electron chi connectivity index (χ4n) is 3.49. The summed E-state index contributed by atoms with van der Waals surface area (Å²) in [5.41, 5.74) is 4.02. The maximum absolute atomic E-state index is 13.6. The van der Waals surface area contributed by atoms with E-state index >= 15 is 0 Å². The summed E-state index contributed by atoms with van der Waals surface area (Å²) in [6, 6.07) is 9.00. The van der Waals surface area contributed by atoms with Crippen LogP contribution in [0.15, 0.2) is 42.7 Å². The second kappa shape index (κ2) is 7.25. The van der Waals surface area contributed by atoms with E-state index < -0.39 is 23.2 Å². The molecule has 3 N–H and O–H groups in total. The first-order valence-electron chi connectivity index (χ1n) is 9.31. The van der Waals surface area contributed by atoms with Crippen LogP contribution in [0.1, 0.15) is 17.5 Å². The van der Waals surface area contributed by atoms with Crippen molar-refractivity contribution in [3.8, 4) is 23.0 Å². The molecule has 1 unspecified atom stereocenters. The number of carbonyl (C=O) groups excluding carboxylic acids is 1. The number of alkyl halides is 3. The van der Waals surface area contributed by atoms with Gasteiger partial charge in [-0.15, -0.1) is 0 Å². The molecule has 2 heterocycles. The van der Waals surface area contributed by atoms with Crippen LogP contribution in [0.3, 0.4) is 0 Å². The first-order chi connectivity index (χ1) is 14.6. The van der Waals surface area contributed by atoms with E-state index in [1.807, 2.05) is 0 Å². The SMILES string of the molecule is CN1CCC(O)(C#Cc2cccc(-c3cc(C(F)(F)F)c4ncnc(N)c4c3)c2)C1=O. The van der Waals surface area contributed by atoms with E-state index in [-0.39, 0.29) is 28.7 Å². The Labute approximate surface area is 175 Å². The second-order valence-corrected chi connectivity index (χ2v) is 7.34. The van der Waals surface area contributed by atoms with E-state index in [0.29, 0.717) is 17.7 Å². The predicted molar refractivity (Wildman–Crippen MR) is 108 cm³/mol. The molecule has 0 aliphatic carbocycles. The highest BCUT2D eigenvalue weighted by molar-refractivity contribution is 5.94. The van der Waals surface area contributed by atoms with Gasteiger partial charge in [0, 0.05) is 31.0 Å². The van der Waals surface area contributed by atoms with E-state index in [4.69, 9.17) is 5.73 Å². The van der Waals surface area contributed by atoms with Gasteiger partial charge < -0.3 is 15.7 Å². The topological polar surface area (TPSA) is 92.3 Å². The Kier molecular flexibility index (Phi) is 4.82. The molecule has 1 fully saturated rings. The van der Waals surface area contributed by atoms with Crippen molar-refractivity contribution in [1.29, 1.82) is 0 Å². The lowest BCUT2D eigenvalue weighted by Gasteiger charge is -2.14. The smallest absolute Gasteiger partial charge is 0.383 e. The number of rotatable bonds is 1. The number of likely N-dealkylation sites (N-methyl/N-ethyl adjacent to an activating group) is 1. The molecule has 9 heteroatoms. The van der Waals surface area contributed by atoms with Gasteiger partial charge in [-0.1, -0.05) is 24.0 Å². The Balaban J connectivity index is 1.80. The minimum Gasteiger partial charge on any atom is -0.383 e. The summed E-state index contributed by atoms with van der Waals surface area (Å²) in [5, 5.41) is 10.5. The summed E-state index contributed by atoms with van der Waals surface area (Å²) >= 11 is 0. The zero-order valence-corrected chi connectivity index (χ0v) is 16.4. The van der Waals surface area contributed by atoms with Crippen molar-refractivity contribution in [2.45, 2.75) is 18.2 Å². The van der Waals surface area contributed by atoms with Crippen molar-refractivity contribution in [3.63, 3.8) is 0 Å². The highest BCUT2D eigenvalue weighted by Crippen LogP contribution is 2.38. The number of nitrogens with zero attached hydrogens (tertiary/aromatic N) is 3. The molecule has 6 nitrogen and oxygen atoms in total. The number of halogens is 3. The molecule has 158 valence electrons. The van der Waals surface area contributed by atoms with Crippen molar-refractivity contribution < 1.29 is 23.1 Å². The van der Waals surface area contributed by atoms with Gasteiger partial charge in [0.25, 0.3) is 5.91 Å². The van der Waals surface area contributed by atoms with Crippen LogP contribution < -0.4 is 5.73 Å². The van der Waals surface area contributed by atoms with Gasteiger partial charge in [-0.2, -0.15) is 13.2 Å². The zero-order valence-electron chi connectivity index (χ0n) is 16.4. The highest BCUT2D eigenvalue weighted by atomic mass is 19.4. The molecule has 1 aliphatic heterocycles. The first kappa shape index (κ1) is 20.6. The lowest BCUT2D eigenvalue weighted by Crippen LogP contribution is -2.37. The lowest BCUT2D eigenvalue weighted by atomic mass is 9.97. The highest BCUT2D eigenvalue weighted by Gasteiger charge is 2.42. The molecule has 1 atom stereocenters. The summed E-state index contributed by atoms with van der Waals surface area (Å²) in [7, 11) is 1.58. The summed E-state index contributed by atoms with van der Waals surface area (Å²) in [6.45, 7) is 0.394. The van der Waals surface area contributed by atoms with Gasteiger partial charge in [0.2, 0.25) is 5.60 Å². The first-order valence-corrected chi connectivity index (χ1v) is 9.31. The normalized spacial score (nSPS) is 18.9. The fourth-order valence-corrected chi connectivity index (χ4v) is 3.49. The molecule has 0 radical (unpaired) electrons. The van der Waals surface area contributed by atoms with E-state index in [1.165, 1.54) is 11.0 Å². The minimum absolute atomic E-state index is 0.0561. The number of anilines is 1. The van der Waals surface area contributed by atoms with E-state index in [1.54, 1.807) is 31.3 Å². The van der Waals surface area contributed by atoms with Crippen molar-refractivity contribution in [2.24, 2.45) is 0 Å². The maximum atomic E-state index is 13.6. The minimum atomic E-state index is -4.63. The molecule has 3 aromatic rings. The van der Waals surface area contributed by atoms with Gasteiger partial charge in [0.15, 0.2) is 0 Å². The number of hydrogen-bond acceptors (Lipinski definition) is 5.